The Morgan fingerprint density at radius 1 is 0.412 bits per heavy atom. The fraction of sp³-hybridized carbons (Fsp3) is 0. The summed E-state index contributed by atoms with van der Waals surface area (Å²) in [6.07, 6.45) is 0. The molecule has 0 aliphatic carbocycles. The summed E-state index contributed by atoms with van der Waals surface area (Å²) >= 11 is 0. The fourth-order valence-corrected chi connectivity index (χ4v) is 6.51. The quantitative estimate of drug-likeness (QED) is 0.182. The van der Waals surface area contributed by atoms with Gasteiger partial charge in [0.15, 0.2) is 5.58 Å². The maximum atomic E-state index is 10.0. The van der Waals surface area contributed by atoms with E-state index < -0.39 is 223 Å². The number of hydrogen-bond acceptors (Lipinski definition) is 1. The largest absolute Gasteiger partial charge is 0.454 e. The molecule has 0 aliphatic rings. The molecule has 3 nitrogen and oxygen atoms in total. The molecule has 11 aromatic rings. The number of nitrogens with zero attached hydrogens (tertiary/aromatic N) is 2. The van der Waals surface area contributed by atoms with Crippen LogP contribution in [0.1, 0.15) is 34.3 Å². The molecule has 238 valence electrons. The normalized spacial score (nSPS) is 18.8. The minimum Gasteiger partial charge on any atom is -0.454 e. The van der Waals surface area contributed by atoms with Gasteiger partial charge in [0, 0.05) is 43.6 Å². The van der Waals surface area contributed by atoms with Crippen molar-refractivity contribution in [2.45, 2.75) is 0 Å². The standard InChI is InChI=1S/C48H30N2O/c1-3-13-31(14-4-1)35-25-26-39-38-19-9-12-22-46(38)51-48(39)47(35)50-43-21-11-8-18-37(43)41-30-33(24-28-45(41)50)32-23-27-44-40(29-32)36-17-7-10-20-42(36)49(44)34-15-5-2-6-16-34/h1-30H/i1D,3D,4D,7D,8D,9D,10D,11D,12D,13D,14D,17D,18D,19D,20D,21D,22D,23D,24D,25D,26D,27D,28D,29D,30D. The molecule has 0 N–H and O–H groups in total. The van der Waals surface area contributed by atoms with Gasteiger partial charge in [-0.3, -0.25) is 0 Å². The Kier molecular flexibility index (Phi) is 2.79. The van der Waals surface area contributed by atoms with Gasteiger partial charge in [-0.15, -0.1) is 0 Å². The van der Waals surface area contributed by atoms with E-state index in [4.69, 9.17) is 25.0 Å². The fourth-order valence-electron chi connectivity index (χ4n) is 6.51. The van der Waals surface area contributed by atoms with Crippen molar-refractivity contribution in [1.29, 1.82) is 0 Å². The van der Waals surface area contributed by atoms with E-state index in [1.54, 1.807) is 30.3 Å². The van der Waals surface area contributed by atoms with E-state index in [1.165, 1.54) is 4.57 Å². The van der Waals surface area contributed by atoms with Gasteiger partial charge >= 0.3 is 0 Å². The SMILES string of the molecule is [2H]c1c([2H])c([2H])c(-c2c([2H])c([2H])c3c(oc4c([2H])c([2H])c([2H])c([2H])c43)c2-n2c3c([2H])c([2H])c([2H])c([2H])c3c3c([2H])c(-c4c([2H])c([2H])c5c(c4[2H])c4c([2H])c([2H])c([2H])c([2H])c4n5-c4ccccc4)c([2H])c([2H])c32)c([2H])c1[2H]. The molecule has 0 unspecified atom stereocenters. The van der Waals surface area contributed by atoms with Crippen LogP contribution < -0.4 is 0 Å². The number of aromatic nitrogens is 2. The van der Waals surface area contributed by atoms with E-state index in [0.29, 0.717) is 0 Å². The highest BCUT2D eigenvalue weighted by Crippen LogP contribution is 2.44. The van der Waals surface area contributed by atoms with Crippen LogP contribution in [0.3, 0.4) is 0 Å². The number of furan rings is 1. The highest BCUT2D eigenvalue weighted by atomic mass is 16.3. The van der Waals surface area contributed by atoms with Gasteiger partial charge in [0.05, 0.1) is 62.0 Å². The van der Waals surface area contributed by atoms with Gasteiger partial charge in [0.1, 0.15) is 5.58 Å². The van der Waals surface area contributed by atoms with Gasteiger partial charge in [0.2, 0.25) is 0 Å². The van der Waals surface area contributed by atoms with E-state index in [9.17, 15) is 13.7 Å². The average Bonchev–Trinajstić information content (AvgIpc) is 4.10. The third-order valence-corrected chi connectivity index (χ3v) is 8.65. The molecule has 0 aliphatic heterocycles. The molecule has 51 heavy (non-hydrogen) atoms. The first kappa shape index (κ1) is 13.1. The molecular weight excluding hydrogens is 621 g/mol. The summed E-state index contributed by atoms with van der Waals surface area (Å²) in [5.74, 6) is 0. The Balaban J connectivity index is 1.41. The zero-order valence-electron chi connectivity index (χ0n) is 50.7. The van der Waals surface area contributed by atoms with Crippen LogP contribution in [0.5, 0.6) is 0 Å². The van der Waals surface area contributed by atoms with E-state index in [1.807, 2.05) is 0 Å². The van der Waals surface area contributed by atoms with Crippen molar-refractivity contribution in [2.24, 2.45) is 0 Å². The Morgan fingerprint density at radius 2 is 0.980 bits per heavy atom. The molecule has 3 aromatic heterocycles. The highest BCUT2D eigenvalue weighted by molar-refractivity contribution is 6.16. The summed E-state index contributed by atoms with van der Waals surface area (Å²) in [7, 11) is 0. The van der Waals surface area contributed by atoms with Crippen LogP contribution in [-0.2, 0) is 0 Å². The van der Waals surface area contributed by atoms with Gasteiger partial charge in [-0.25, -0.2) is 0 Å². The zero-order chi connectivity index (χ0) is 55.2. The topological polar surface area (TPSA) is 23.0 Å². The minimum absolute atomic E-state index is 0.175. The summed E-state index contributed by atoms with van der Waals surface area (Å²) in [5.41, 5.74) is -6.36. The highest BCUT2D eigenvalue weighted by Gasteiger charge is 2.22. The molecule has 0 saturated heterocycles. The molecule has 0 amide bonds. The second-order valence-electron chi connectivity index (χ2n) is 11.4. The lowest BCUT2D eigenvalue weighted by Gasteiger charge is -2.15. The van der Waals surface area contributed by atoms with E-state index in [0.717, 1.165) is 4.57 Å². The second kappa shape index (κ2) is 10.8. The van der Waals surface area contributed by atoms with Gasteiger partial charge < -0.3 is 13.6 Å². The average molecular weight is 676 g/mol. The van der Waals surface area contributed by atoms with Crippen molar-refractivity contribution in [1.82, 2.24) is 9.13 Å². The Morgan fingerprint density at radius 3 is 1.69 bits per heavy atom. The summed E-state index contributed by atoms with van der Waals surface area (Å²) in [6, 6.07) is -12.8. The molecule has 3 heterocycles. The number of benzene rings is 8. The van der Waals surface area contributed by atoms with Crippen LogP contribution in [0.25, 0.3) is 99.2 Å². The number of para-hydroxylation sites is 4. The maximum absolute atomic E-state index is 10.0. The zero-order valence-corrected chi connectivity index (χ0v) is 25.7. The van der Waals surface area contributed by atoms with Crippen molar-refractivity contribution < 1.29 is 38.7 Å². The Labute approximate surface area is 329 Å². The van der Waals surface area contributed by atoms with Crippen molar-refractivity contribution >= 4 is 65.6 Å². The van der Waals surface area contributed by atoms with Crippen LogP contribution in [0.2, 0.25) is 0 Å². The van der Waals surface area contributed by atoms with Crippen molar-refractivity contribution in [3.05, 3.63) is 181 Å². The van der Waals surface area contributed by atoms with E-state index in [-0.39, 0.29) is 27.5 Å². The molecule has 11 rings (SSSR count). The maximum Gasteiger partial charge on any atom is 0.160 e. The van der Waals surface area contributed by atoms with E-state index in [2.05, 4.69) is 0 Å². The van der Waals surface area contributed by atoms with Gasteiger partial charge in [0.25, 0.3) is 0 Å². The van der Waals surface area contributed by atoms with Crippen LogP contribution in [0.15, 0.2) is 186 Å². The van der Waals surface area contributed by atoms with Crippen LogP contribution >= 0.6 is 0 Å². The van der Waals surface area contributed by atoms with Crippen molar-refractivity contribution in [2.75, 3.05) is 0 Å². The Hall–Kier alpha value is -6.84. The van der Waals surface area contributed by atoms with Gasteiger partial charge in [-0.1, -0.05) is 121 Å². The molecule has 0 radical (unpaired) electrons. The second-order valence-corrected chi connectivity index (χ2v) is 11.4. The lowest BCUT2D eigenvalue weighted by molar-refractivity contribution is 0.666. The van der Waals surface area contributed by atoms with Crippen molar-refractivity contribution in [3.63, 3.8) is 0 Å². The van der Waals surface area contributed by atoms with Crippen molar-refractivity contribution in [3.8, 4) is 33.6 Å². The summed E-state index contributed by atoms with van der Waals surface area (Å²) in [6.45, 7) is 0. The Bertz CT molecular complexity index is 4550. The van der Waals surface area contributed by atoms with Gasteiger partial charge in [-0.05, 0) is 77.2 Å². The molecule has 3 heteroatoms. The lowest BCUT2D eigenvalue weighted by atomic mass is 10.00. The number of rotatable bonds is 4. The third-order valence-electron chi connectivity index (χ3n) is 8.65. The van der Waals surface area contributed by atoms with E-state index >= 15 is 0 Å². The summed E-state index contributed by atoms with van der Waals surface area (Å²) < 4.78 is 236. The predicted octanol–water partition coefficient (Wildman–Crippen LogP) is 13.1. The summed E-state index contributed by atoms with van der Waals surface area (Å²) in [5, 5.41) is -2.73. The first-order chi connectivity index (χ1) is 35.7. The van der Waals surface area contributed by atoms with Crippen LogP contribution in [0.4, 0.5) is 0 Å². The minimum atomic E-state index is -0.987. The lowest BCUT2D eigenvalue weighted by Crippen LogP contribution is -1.98. The van der Waals surface area contributed by atoms with Crippen LogP contribution in [0, 0.1) is 0 Å². The van der Waals surface area contributed by atoms with Gasteiger partial charge in [-0.2, -0.15) is 0 Å². The molecule has 0 fully saturated rings. The number of hydrogen-bond donors (Lipinski definition) is 0. The summed E-state index contributed by atoms with van der Waals surface area (Å²) in [4.78, 5) is 0. The van der Waals surface area contributed by atoms with Crippen LogP contribution in [-0.4, -0.2) is 9.13 Å². The molecule has 8 aromatic carbocycles. The first-order valence-electron chi connectivity index (χ1n) is 27.9. The smallest absolute Gasteiger partial charge is 0.160 e. The molecular formula is C48H30N2O. The first-order valence-corrected chi connectivity index (χ1v) is 15.4. The number of fused-ring (bicyclic) bond motifs is 9. The molecule has 0 atom stereocenters. The molecule has 0 spiro atoms. The molecule has 0 bridgehead atoms. The molecule has 0 saturated carbocycles. The predicted molar refractivity (Wildman–Crippen MR) is 213 cm³/mol. The monoisotopic (exact) mass is 675 g/mol. The third kappa shape index (κ3) is 4.12.